The van der Waals surface area contributed by atoms with Crippen LogP contribution >= 0.6 is 0 Å². The third kappa shape index (κ3) is 4.36. The van der Waals surface area contributed by atoms with E-state index < -0.39 is 0 Å². The van der Waals surface area contributed by atoms with Gasteiger partial charge in [-0.2, -0.15) is 0 Å². The molecular weight excluding hydrogens is 266 g/mol. The van der Waals surface area contributed by atoms with Crippen molar-refractivity contribution in [3.05, 3.63) is 18.0 Å². The second-order valence-corrected chi connectivity index (χ2v) is 5.72. The lowest BCUT2D eigenvalue weighted by Gasteiger charge is -2.26. The van der Waals surface area contributed by atoms with Gasteiger partial charge >= 0.3 is 0 Å². The van der Waals surface area contributed by atoms with Crippen molar-refractivity contribution in [2.75, 3.05) is 57.4 Å². The first-order valence-corrected chi connectivity index (χ1v) is 7.98. The molecule has 2 fully saturated rings. The Morgan fingerprint density at radius 1 is 1.05 bits per heavy atom. The summed E-state index contributed by atoms with van der Waals surface area (Å²) in [5.74, 6) is 0.879. The monoisotopic (exact) mass is 291 g/mol. The van der Waals surface area contributed by atoms with Crippen LogP contribution in [0.1, 0.15) is 18.4 Å². The normalized spacial score (nSPS) is 20.1. The van der Waals surface area contributed by atoms with Gasteiger partial charge in [0.25, 0.3) is 0 Å². The number of rotatable bonds is 6. The summed E-state index contributed by atoms with van der Waals surface area (Å²) in [5, 5.41) is 3.46. The minimum absolute atomic E-state index is 0.838. The predicted molar refractivity (Wildman–Crippen MR) is 82.4 cm³/mol. The van der Waals surface area contributed by atoms with E-state index in [1.165, 1.54) is 12.8 Å². The van der Waals surface area contributed by atoms with E-state index in [9.17, 15) is 0 Å². The second kappa shape index (κ2) is 7.68. The SMILES string of the molecule is c1nc(N2CCCC2)ncc1CNCCN1CCOCC1. The number of hydrogen-bond donors (Lipinski definition) is 1. The quantitative estimate of drug-likeness (QED) is 0.770. The highest BCUT2D eigenvalue weighted by Gasteiger charge is 2.14. The Hall–Kier alpha value is -1.24. The maximum absolute atomic E-state index is 5.35. The first-order valence-electron chi connectivity index (χ1n) is 7.98. The number of nitrogens with zero attached hydrogens (tertiary/aromatic N) is 4. The van der Waals surface area contributed by atoms with E-state index in [-0.39, 0.29) is 0 Å². The van der Waals surface area contributed by atoms with Gasteiger partial charge in [-0.25, -0.2) is 9.97 Å². The Morgan fingerprint density at radius 2 is 1.76 bits per heavy atom. The lowest BCUT2D eigenvalue weighted by atomic mass is 10.3. The standard InChI is InChI=1S/C15H25N5O/c1-2-5-20(4-1)15-17-12-14(13-18-15)11-16-3-6-19-7-9-21-10-8-19/h12-13,16H,1-11H2. The van der Waals surface area contributed by atoms with Crippen LogP contribution in [0.15, 0.2) is 12.4 Å². The average molecular weight is 291 g/mol. The molecule has 3 rings (SSSR count). The molecular formula is C15H25N5O. The van der Waals surface area contributed by atoms with E-state index in [4.69, 9.17) is 4.74 Å². The highest BCUT2D eigenvalue weighted by molar-refractivity contribution is 5.30. The zero-order valence-corrected chi connectivity index (χ0v) is 12.6. The van der Waals surface area contributed by atoms with E-state index in [1.54, 1.807) is 0 Å². The molecule has 0 aliphatic carbocycles. The van der Waals surface area contributed by atoms with Crippen LogP contribution in [0.4, 0.5) is 5.95 Å². The summed E-state index contributed by atoms with van der Waals surface area (Å²) in [4.78, 5) is 13.6. The van der Waals surface area contributed by atoms with Crippen molar-refractivity contribution in [1.82, 2.24) is 20.2 Å². The van der Waals surface area contributed by atoms with E-state index in [1.807, 2.05) is 12.4 Å². The topological polar surface area (TPSA) is 53.5 Å². The van der Waals surface area contributed by atoms with Crippen molar-refractivity contribution in [3.8, 4) is 0 Å². The molecule has 0 bridgehead atoms. The summed E-state index contributed by atoms with van der Waals surface area (Å²) in [7, 11) is 0. The van der Waals surface area contributed by atoms with Crippen LogP contribution < -0.4 is 10.2 Å². The number of morpholine rings is 1. The van der Waals surface area contributed by atoms with Crippen molar-refractivity contribution in [1.29, 1.82) is 0 Å². The minimum atomic E-state index is 0.838. The molecule has 1 aromatic heterocycles. The molecule has 6 heteroatoms. The number of aromatic nitrogens is 2. The summed E-state index contributed by atoms with van der Waals surface area (Å²) in [6.07, 6.45) is 6.41. The van der Waals surface area contributed by atoms with Gasteiger partial charge in [-0.1, -0.05) is 0 Å². The molecule has 0 saturated carbocycles. The maximum Gasteiger partial charge on any atom is 0.225 e. The Labute approximate surface area is 126 Å². The number of hydrogen-bond acceptors (Lipinski definition) is 6. The molecule has 0 aromatic carbocycles. The minimum Gasteiger partial charge on any atom is -0.379 e. The summed E-state index contributed by atoms with van der Waals surface area (Å²) >= 11 is 0. The molecule has 2 aliphatic rings. The smallest absolute Gasteiger partial charge is 0.225 e. The van der Waals surface area contributed by atoms with E-state index >= 15 is 0 Å². The van der Waals surface area contributed by atoms with Gasteiger partial charge in [-0.15, -0.1) is 0 Å². The number of anilines is 1. The zero-order valence-electron chi connectivity index (χ0n) is 12.6. The van der Waals surface area contributed by atoms with Crippen molar-refractivity contribution >= 4 is 5.95 Å². The molecule has 0 atom stereocenters. The van der Waals surface area contributed by atoms with E-state index in [0.29, 0.717) is 0 Å². The second-order valence-electron chi connectivity index (χ2n) is 5.72. The lowest BCUT2D eigenvalue weighted by molar-refractivity contribution is 0.0384. The molecule has 2 aliphatic heterocycles. The van der Waals surface area contributed by atoms with Crippen LogP contribution in [0, 0.1) is 0 Å². The van der Waals surface area contributed by atoms with Gasteiger partial charge in [-0.3, -0.25) is 4.90 Å². The van der Waals surface area contributed by atoms with Gasteiger partial charge in [-0.05, 0) is 12.8 Å². The highest BCUT2D eigenvalue weighted by atomic mass is 16.5. The zero-order chi connectivity index (χ0) is 14.3. The van der Waals surface area contributed by atoms with Gasteiger partial charge in [0.1, 0.15) is 0 Å². The van der Waals surface area contributed by atoms with E-state index in [2.05, 4.69) is 25.1 Å². The van der Waals surface area contributed by atoms with Crippen molar-refractivity contribution in [2.24, 2.45) is 0 Å². The molecule has 0 amide bonds. The van der Waals surface area contributed by atoms with Gasteiger partial charge < -0.3 is 15.0 Å². The fourth-order valence-corrected chi connectivity index (χ4v) is 2.81. The van der Waals surface area contributed by atoms with Crippen LogP contribution in [0.3, 0.4) is 0 Å². The highest BCUT2D eigenvalue weighted by Crippen LogP contribution is 2.14. The Morgan fingerprint density at radius 3 is 2.48 bits per heavy atom. The third-order valence-electron chi connectivity index (χ3n) is 4.12. The molecule has 0 spiro atoms. The predicted octanol–water partition coefficient (Wildman–Crippen LogP) is 0.499. The molecule has 6 nitrogen and oxygen atoms in total. The van der Waals surface area contributed by atoms with Gasteiger partial charge in [0.15, 0.2) is 0 Å². The largest absolute Gasteiger partial charge is 0.379 e. The van der Waals surface area contributed by atoms with Gasteiger partial charge in [0.2, 0.25) is 5.95 Å². The Balaban J connectivity index is 1.36. The molecule has 1 N–H and O–H groups in total. The average Bonchev–Trinajstić information content (AvgIpc) is 3.08. The molecule has 1 aromatic rings. The Bertz CT molecular complexity index is 413. The van der Waals surface area contributed by atoms with Crippen LogP contribution in [-0.2, 0) is 11.3 Å². The van der Waals surface area contributed by atoms with Crippen LogP contribution in [0.5, 0.6) is 0 Å². The summed E-state index contributed by atoms with van der Waals surface area (Å²) in [5.41, 5.74) is 1.15. The van der Waals surface area contributed by atoms with Crippen molar-refractivity contribution < 1.29 is 4.74 Å². The molecule has 2 saturated heterocycles. The van der Waals surface area contributed by atoms with Crippen LogP contribution in [0.2, 0.25) is 0 Å². The molecule has 3 heterocycles. The number of nitrogens with one attached hydrogen (secondary N) is 1. The van der Waals surface area contributed by atoms with Crippen LogP contribution in [-0.4, -0.2) is 67.4 Å². The van der Waals surface area contributed by atoms with Gasteiger partial charge in [0.05, 0.1) is 13.2 Å². The summed E-state index contributed by atoms with van der Waals surface area (Å²) in [6.45, 7) is 8.94. The van der Waals surface area contributed by atoms with E-state index in [0.717, 1.165) is 70.5 Å². The van der Waals surface area contributed by atoms with Gasteiger partial charge in [0, 0.05) is 63.8 Å². The first-order chi connectivity index (χ1) is 10.4. The van der Waals surface area contributed by atoms with Crippen molar-refractivity contribution in [3.63, 3.8) is 0 Å². The van der Waals surface area contributed by atoms with Crippen molar-refractivity contribution in [2.45, 2.75) is 19.4 Å². The maximum atomic E-state index is 5.35. The summed E-state index contributed by atoms with van der Waals surface area (Å²) in [6, 6.07) is 0. The molecule has 21 heavy (non-hydrogen) atoms. The molecule has 0 radical (unpaired) electrons. The fourth-order valence-electron chi connectivity index (χ4n) is 2.81. The van der Waals surface area contributed by atoms with Crippen LogP contribution in [0.25, 0.3) is 0 Å². The first kappa shape index (κ1) is 14.7. The Kier molecular flexibility index (Phi) is 5.37. The molecule has 116 valence electrons. The number of ether oxygens (including phenoxy) is 1. The third-order valence-corrected chi connectivity index (χ3v) is 4.12. The summed E-state index contributed by atoms with van der Waals surface area (Å²) < 4.78 is 5.35. The lowest BCUT2D eigenvalue weighted by Crippen LogP contribution is -2.40. The molecule has 0 unspecified atom stereocenters. The fraction of sp³-hybridized carbons (Fsp3) is 0.733.